The number of nitrogens with zero attached hydrogens (tertiary/aromatic N) is 1. The number of nitriles is 1. The van der Waals surface area contributed by atoms with E-state index in [1.54, 1.807) is 0 Å². The van der Waals surface area contributed by atoms with Crippen LogP contribution in [-0.2, 0) is 9.59 Å². The highest BCUT2D eigenvalue weighted by atomic mass is 19.3. The Morgan fingerprint density at radius 2 is 1.74 bits per heavy atom. The molecule has 1 amide bonds. The molecule has 1 N–H and O–H groups in total. The summed E-state index contributed by atoms with van der Waals surface area (Å²) in [6, 6.07) is 2.23. The molecule has 9 atom stereocenters. The van der Waals surface area contributed by atoms with Gasteiger partial charge in [0.15, 0.2) is 5.78 Å². The van der Waals surface area contributed by atoms with Crippen molar-refractivity contribution in [3.05, 3.63) is 23.8 Å². The van der Waals surface area contributed by atoms with Crippen LogP contribution in [0.4, 0.5) is 8.78 Å². The van der Waals surface area contributed by atoms with E-state index in [1.807, 2.05) is 19.9 Å². The van der Waals surface area contributed by atoms with Gasteiger partial charge in [-0.3, -0.25) is 9.59 Å². The maximum atomic E-state index is 13.7. The molecule has 4 nitrogen and oxygen atoms in total. The lowest BCUT2D eigenvalue weighted by Gasteiger charge is -2.71. The summed E-state index contributed by atoms with van der Waals surface area (Å²) in [5.74, 6) is 0.918. The van der Waals surface area contributed by atoms with Gasteiger partial charge in [-0.05, 0) is 104 Å². The quantitative estimate of drug-likeness (QED) is 0.382. The van der Waals surface area contributed by atoms with E-state index in [2.05, 4.69) is 45.7 Å². The first-order valence-corrected chi connectivity index (χ1v) is 15.0. The van der Waals surface area contributed by atoms with Gasteiger partial charge in [0.25, 0.3) is 6.43 Å². The summed E-state index contributed by atoms with van der Waals surface area (Å²) in [6.07, 6.45) is 6.63. The molecule has 0 bridgehead atoms. The topological polar surface area (TPSA) is 70.0 Å². The Labute approximate surface area is 233 Å². The lowest BCUT2D eigenvalue weighted by Crippen LogP contribution is -2.66. The molecule has 6 heteroatoms. The third-order valence-corrected chi connectivity index (χ3v) is 13.4. The zero-order chi connectivity index (χ0) is 28.8. The molecule has 1 unspecified atom stereocenters. The summed E-state index contributed by atoms with van der Waals surface area (Å²) in [4.78, 5) is 26.9. The molecular formula is C33H46F2N2O2. The lowest BCUT2D eigenvalue weighted by atomic mass is 9.32. The molecule has 0 aromatic carbocycles. The van der Waals surface area contributed by atoms with Gasteiger partial charge in [-0.15, -0.1) is 0 Å². The number of fused-ring (bicyclic) bond motifs is 7. The Bertz CT molecular complexity index is 1170. The number of carbonyl (C=O) groups excluding carboxylic acids is 2. The summed E-state index contributed by atoms with van der Waals surface area (Å²) >= 11 is 0. The number of amides is 1. The van der Waals surface area contributed by atoms with Gasteiger partial charge >= 0.3 is 0 Å². The molecule has 5 aliphatic rings. The van der Waals surface area contributed by atoms with Gasteiger partial charge in [0.05, 0.1) is 17.5 Å². The fourth-order valence-corrected chi connectivity index (χ4v) is 11.5. The highest BCUT2D eigenvalue weighted by Gasteiger charge is 2.71. The number of ketones is 1. The number of hydrogen-bond donors (Lipinski definition) is 1. The lowest BCUT2D eigenvalue weighted by molar-refractivity contribution is -0.218. The minimum atomic E-state index is -2.56. The first-order valence-electron chi connectivity index (χ1n) is 15.0. The van der Waals surface area contributed by atoms with Gasteiger partial charge < -0.3 is 5.32 Å². The van der Waals surface area contributed by atoms with Crippen LogP contribution in [0.25, 0.3) is 0 Å². The predicted octanol–water partition coefficient (Wildman–Crippen LogP) is 7.26. The molecule has 0 saturated heterocycles. The van der Waals surface area contributed by atoms with Crippen molar-refractivity contribution in [3.63, 3.8) is 0 Å². The van der Waals surface area contributed by atoms with Crippen molar-refractivity contribution in [1.29, 1.82) is 5.26 Å². The van der Waals surface area contributed by atoms with Crippen LogP contribution in [-0.4, -0.2) is 24.7 Å². The normalized spacial score (nSPS) is 46.2. The molecule has 0 aliphatic heterocycles. The van der Waals surface area contributed by atoms with Crippen molar-refractivity contribution in [2.45, 2.75) is 99.3 Å². The second-order valence-corrected chi connectivity index (χ2v) is 15.0. The first kappa shape index (κ1) is 28.5. The van der Waals surface area contributed by atoms with Crippen LogP contribution in [0.3, 0.4) is 0 Å². The highest BCUT2D eigenvalue weighted by molar-refractivity contribution is 6.04. The van der Waals surface area contributed by atoms with Gasteiger partial charge in [0, 0.05) is 5.41 Å². The molecule has 214 valence electrons. The van der Waals surface area contributed by atoms with Crippen LogP contribution in [0.15, 0.2) is 23.8 Å². The molecule has 39 heavy (non-hydrogen) atoms. The van der Waals surface area contributed by atoms with Crippen LogP contribution < -0.4 is 5.32 Å². The molecule has 0 aromatic rings. The average Bonchev–Trinajstić information content (AvgIpc) is 3.26. The number of halogens is 2. The summed E-state index contributed by atoms with van der Waals surface area (Å²) in [5.41, 5.74) is -0.0877. The van der Waals surface area contributed by atoms with E-state index < -0.39 is 23.8 Å². The van der Waals surface area contributed by atoms with Crippen molar-refractivity contribution >= 4 is 11.7 Å². The number of hydrogen-bond acceptors (Lipinski definition) is 3. The standard InChI is InChI=1S/C33H46F2N2O2/c1-19(2)21-10-13-33(28(39)37-18-25(34)35)15-14-31(6)22(26(21)33)8-9-24-30(5)16-20(17-36)27(38)29(3,4)23(30)11-12-32(24,31)7/h16,21-26H,1,8-15,18H2,2-7H3,(H,37,39)/t21-,22?,23-,24+,26+,30-,31+,32+,33-/m0/s1. The van der Waals surface area contributed by atoms with Crippen molar-refractivity contribution in [2.24, 2.45) is 56.7 Å². The molecule has 5 rings (SSSR count). The highest BCUT2D eigenvalue weighted by Crippen LogP contribution is 2.77. The van der Waals surface area contributed by atoms with Crippen LogP contribution in [0.5, 0.6) is 0 Å². The van der Waals surface area contributed by atoms with E-state index in [0.29, 0.717) is 17.4 Å². The number of alkyl halides is 2. The number of rotatable bonds is 4. The zero-order valence-corrected chi connectivity index (χ0v) is 24.6. The van der Waals surface area contributed by atoms with Crippen LogP contribution in [0.2, 0.25) is 0 Å². The van der Waals surface area contributed by atoms with Gasteiger partial charge in [0.2, 0.25) is 5.91 Å². The number of carbonyl (C=O) groups is 2. The maximum Gasteiger partial charge on any atom is 0.255 e. The molecule has 5 aliphatic carbocycles. The van der Waals surface area contributed by atoms with Crippen molar-refractivity contribution in [2.75, 3.05) is 6.54 Å². The Hall–Kier alpha value is -2.03. The number of nitrogens with one attached hydrogen (secondary N) is 1. The Kier molecular flexibility index (Phi) is 6.57. The van der Waals surface area contributed by atoms with E-state index in [-0.39, 0.29) is 45.7 Å². The Balaban J connectivity index is 1.57. The SMILES string of the molecule is C=C(C)[C@@H]1CC[C@]2(C(=O)NCC(F)F)CC[C@]3(C)C(CC[C@@H]4[C@@]5(C)C=C(C#N)C(=O)C(C)(C)[C@@H]5CC[C@]43C)[C@@H]12. The monoisotopic (exact) mass is 540 g/mol. The van der Waals surface area contributed by atoms with Crippen molar-refractivity contribution in [3.8, 4) is 6.07 Å². The summed E-state index contributed by atoms with van der Waals surface area (Å²) in [6.45, 7) is 17.1. The molecule has 0 aromatic heterocycles. The van der Waals surface area contributed by atoms with Crippen molar-refractivity contribution < 1.29 is 18.4 Å². The largest absolute Gasteiger partial charge is 0.350 e. The smallest absolute Gasteiger partial charge is 0.255 e. The minimum absolute atomic E-state index is 0.0245. The molecule has 4 saturated carbocycles. The molecule has 4 fully saturated rings. The first-order chi connectivity index (χ1) is 18.1. The summed E-state index contributed by atoms with van der Waals surface area (Å²) in [5, 5.41) is 12.5. The van der Waals surface area contributed by atoms with Crippen LogP contribution in [0.1, 0.15) is 92.9 Å². The van der Waals surface area contributed by atoms with E-state index >= 15 is 0 Å². The van der Waals surface area contributed by atoms with Gasteiger partial charge in [-0.25, -0.2) is 8.78 Å². The average molecular weight is 541 g/mol. The van der Waals surface area contributed by atoms with Crippen LogP contribution in [0, 0.1) is 68.0 Å². The summed E-state index contributed by atoms with van der Waals surface area (Å²) in [7, 11) is 0. The number of allylic oxidation sites excluding steroid dienone is 3. The molecule has 0 heterocycles. The van der Waals surface area contributed by atoms with E-state index in [1.165, 1.54) is 0 Å². The molecular weight excluding hydrogens is 494 g/mol. The van der Waals surface area contributed by atoms with Gasteiger partial charge in [0.1, 0.15) is 6.07 Å². The second-order valence-electron chi connectivity index (χ2n) is 15.0. The Morgan fingerprint density at radius 1 is 1.05 bits per heavy atom. The third kappa shape index (κ3) is 3.63. The molecule has 0 radical (unpaired) electrons. The molecule has 0 spiro atoms. The van der Waals surface area contributed by atoms with Crippen molar-refractivity contribution in [1.82, 2.24) is 5.32 Å². The summed E-state index contributed by atoms with van der Waals surface area (Å²) < 4.78 is 26.2. The minimum Gasteiger partial charge on any atom is -0.350 e. The maximum absolute atomic E-state index is 13.7. The van der Waals surface area contributed by atoms with Gasteiger partial charge in [-0.1, -0.05) is 52.8 Å². The van der Waals surface area contributed by atoms with E-state index in [9.17, 15) is 23.6 Å². The van der Waals surface area contributed by atoms with E-state index in [4.69, 9.17) is 0 Å². The van der Waals surface area contributed by atoms with E-state index in [0.717, 1.165) is 56.9 Å². The predicted molar refractivity (Wildman–Crippen MR) is 147 cm³/mol. The third-order valence-electron chi connectivity index (χ3n) is 13.4. The van der Waals surface area contributed by atoms with Gasteiger partial charge in [-0.2, -0.15) is 5.26 Å². The second kappa shape index (κ2) is 8.98. The van der Waals surface area contributed by atoms with Crippen LogP contribution >= 0.6 is 0 Å². The number of Topliss-reactive ketones (excluding diaryl/α,β-unsaturated/α-hetero) is 1. The zero-order valence-electron chi connectivity index (χ0n) is 24.6. The fourth-order valence-electron chi connectivity index (χ4n) is 11.5. The Morgan fingerprint density at radius 3 is 2.36 bits per heavy atom. The fraction of sp³-hybridized carbons (Fsp3) is 0.788.